The van der Waals surface area contributed by atoms with E-state index in [1.807, 2.05) is 18.7 Å². The van der Waals surface area contributed by atoms with Gasteiger partial charge in [0.05, 0.1) is 18.1 Å². The van der Waals surface area contributed by atoms with Crippen LogP contribution in [0.25, 0.3) is 0 Å². The molecule has 0 radical (unpaired) electrons. The highest BCUT2D eigenvalue weighted by molar-refractivity contribution is 7.11. The Labute approximate surface area is 111 Å². The second kappa shape index (κ2) is 4.82. The fourth-order valence-electron chi connectivity index (χ4n) is 2.04. The average molecular weight is 262 g/mol. The largest absolute Gasteiger partial charge is 0.324 e. The molecule has 1 saturated carbocycles. The Morgan fingerprint density at radius 2 is 2.33 bits per heavy atom. The first-order valence-corrected chi connectivity index (χ1v) is 7.22. The molecule has 18 heavy (non-hydrogen) atoms. The fraction of sp³-hybridized carbons (Fsp3) is 0.538. The fourth-order valence-corrected chi connectivity index (χ4v) is 2.86. The molecule has 2 aromatic heterocycles. The van der Waals surface area contributed by atoms with Crippen LogP contribution >= 0.6 is 11.3 Å². The van der Waals surface area contributed by atoms with Crippen molar-refractivity contribution in [2.75, 3.05) is 0 Å². The highest BCUT2D eigenvalue weighted by Crippen LogP contribution is 2.24. The molecule has 1 atom stereocenters. The van der Waals surface area contributed by atoms with Gasteiger partial charge in [0.15, 0.2) is 0 Å². The summed E-state index contributed by atoms with van der Waals surface area (Å²) < 4.78 is 2.22. The van der Waals surface area contributed by atoms with Crippen molar-refractivity contribution >= 4 is 11.3 Å². The van der Waals surface area contributed by atoms with E-state index in [0.29, 0.717) is 0 Å². The van der Waals surface area contributed by atoms with E-state index in [1.165, 1.54) is 23.4 Å². The Kier molecular flexibility index (Phi) is 3.18. The number of nitrogens with one attached hydrogen (secondary N) is 1. The van der Waals surface area contributed by atoms with E-state index in [9.17, 15) is 0 Å². The van der Waals surface area contributed by atoms with Crippen LogP contribution in [0.4, 0.5) is 0 Å². The van der Waals surface area contributed by atoms with Crippen molar-refractivity contribution in [2.45, 2.75) is 45.3 Å². The number of imidazole rings is 1. The standard InChI is InChI=1S/C13H18N4S/c1-9-5-16-13(18-9)10(2)17-8-14-6-12(17)7-15-11-3-4-11/h5-6,8,10-11,15H,3-4,7H2,1-2H3. The molecule has 0 saturated heterocycles. The van der Waals surface area contributed by atoms with Crippen molar-refractivity contribution in [2.24, 2.45) is 0 Å². The van der Waals surface area contributed by atoms with Crippen molar-refractivity contribution in [3.8, 4) is 0 Å². The van der Waals surface area contributed by atoms with Gasteiger partial charge in [-0.15, -0.1) is 11.3 Å². The number of thiazole rings is 1. The van der Waals surface area contributed by atoms with Crippen LogP contribution in [0.1, 0.15) is 41.4 Å². The third kappa shape index (κ3) is 2.47. The predicted octanol–water partition coefficient (Wildman–Crippen LogP) is 2.51. The third-order valence-electron chi connectivity index (χ3n) is 3.31. The van der Waals surface area contributed by atoms with E-state index in [4.69, 9.17) is 0 Å². The Hall–Kier alpha value is -1.20. The van der Waals surface area contributed by atoms with Crippen molar-refractivity contribution in [1.82, 2.24) is 19.9 Å². The van der Waals surface area contributed by atoms with Gasteiger partial charge in [0.25, 0.3) is 0 Å². The second-order valence-corrected chi connectivity index (χ2v) is 6.20. The Morgan fingerprint density at radius 1 is 1.50 bits per heavy atom. The van der Waals surface area contributed by atoms with Crippen LogP contribution in [-0.2, 0) is 6.54 Å². The summed E-state index contributed by atoms with van der Waals surface area (Å²) in [5.41, 5.74) is 1.24. The molecule has 0 amide bonds. The molecule has 0 aromatic carbocycles. The lowest BCUT2D eigenvalue weighted by Crippen LogP contribution is -2.19. The number of rotatable bonds is 5. The minimum absolute atomic E-state index is 0.266. The highest BCUT2D eigenvalue weighted by Gasteiger charge is 2.21. The SMILES string of the molecule is Cc1cnc(C(C)n2cncc2CNC2CC2)s1. The summed E-state index contributed by atoms with van der Waals surface area (Å²) in [5.74, 6) is 0. The molecular weight excluding hydrogens is 244 g/mol. The normalized spacial score (nSPS) is 17.0. The summed E-state index contributed by atoms with van der Waals surface area (Å²) in [7, 11) is 0. The molecule has 96 valence electrons. The summed E-state index contributed by atoms with van der Waals surface area (Å²) in [6, 6.07) is 0.993. The minimum Gasteiger partial charge on any atom is -0.324 e. The van der Waals surface area contributed by atoms with Gasteiger partial charge in [-0.2, -0.15) is 0 Å². The molecule has 0 bridgehead atoms. The topological polar surface area (TPSA) is 42.7 Å². The van der Waals surface area contributed by atoms with E-state index in [-0.39, 0.29) is 6.04 Å². The number of hydrogen-bond acceptors (Lipinski definition) is 4. The zero-order chi connectivity index (χ0) is 12.5. The zero-order valence-electron chi connectivity index (χ0n) is 10.8. The highest BCUT2D eigenvalue weighted by atomic mass is 32.1. The van der Waals surface area contributed by atoms with Gasteiger partial charge in [-0.3, -0.25) is 0 Å². The van der Waals surface area contributed by atoms with Crippen LogP contribution in [0.2, 0.25) is 0 Å². The maximum Gasteiger partial charge on any atom is 0.115 e. The molecule has 1 unspecified atom stereocenters. The Bertz CT molecular complexity index is 527. The molecule has 1 aliphatic carbocycles. The van der Waals surface area contributed by atoms with E-state index in [1.54, 1.807) is 11.3 Å². The lowest BCUT2D eigenvalue weighted by Gasteiger charge is -2.14. The molecule has 5 heteroatoms. The second-order valence-electron chi connectivity index (χ2n) is 4.93. The molecule has 4 nitrogen and oxygen atoms in total. The lowest BCUT2D eigenvalue weighted by atomic mass is 10.3. The van der Waals surface area contributed by atoms with Crippen LogP contribution in [0.15, 0.2) is 18.7 Å². The van der Waals surface area contributed by atoms with Gasteiger partial charge >= 0.3 is 0 Å². The number of aryl methyl sites for hydroxylation is 1. The summed E-state index contributed by atoms with van der Waals surface area (Å²) in [6.45, 7) is 5.18. The zero-order valence-corrected chi connectivity index (χ0v) is 11.6. The quantitative estimate of drug-likeness (QED) is 0.900. The van der Waals surface area contributed by atoms with E-state index in [2.05, 4.69) is 33.7 Å². The summed E-state index contributed by atoms with van der Waals surface area (Å²) in [6.07, 6.45) is 8.43. The maximum absolute atomic E-state index is 4.47. The van der Waals surface area contributed by atoms with Crippen LogP contribution in [0.3, 0.4) is 0 Å². The smallest absolute Gasteiger partial charge is 0.115 e. The van der Waals surface area contributed by atoms with Crippen LogP contribution in [-0.4, -0.2) is 20.6 Å². The maximum atomic E-state index is 4.47. The van der Waals surface area contributed by atoms with Crippen molar-refractivity contribution in [3.63, 3.8) is 0 Å². The minimum atomic E-state index is 0.266. The van der Waals surface area contributed by atoms with Gasteiger partial charge in [-0.05, 0) is 26.7 Å². The van der Waals surface area contributed by atoms with Gasteiger partial charge in [-0.25, -0.2) is 9.97 Å². The van der Waals surface area contributed by atoms with Crippen LogP contribution in [0.5, 0.6) is 0 Å². The third-order valence-corrected chi connectivity index (χ3v) is 4.39. The molecule has 3 rings (SSSR count). The Morgan fingerprint density at radius 3 is 3.00 bits per heavy atom. The van der Waals surface area contributed by atoms with Crippen molar-refractivity contribution in [1.29, 1.82) is 0 Å². The molecule has 0 aliphatic heterocycles. The average Bonchev–Trinajstić information content (AvgIpc) is 2.90. The molecular formula is C13H18N4S. The predicted molar refractivity (Wildman–Crippen MR) is 72.8 cm³/mol. The summed E-state index contributed by atoms with van der Waals surface area (Å²) in [4.78, 5) is 10.0. The first kappa shape index (κ1) is 11.9. The van der Waals surface area contributed by atoms with E-state index >= 15 is 0 Å². The molecule has 0 spiro atoms. The Balaban J connectivity index is 1.75. The molecule has 1 fully saturated rings. The molecule has 1 aliphatic rings. The molecule has 1 N–H and O–H groups in total. The monoisotopic (exact) mass is 262 g/mol. The van der Waals surface area contributed by atoms with Crippen LogP contribution in [0, 0.1) is 6.92 Å². The van der Waals surface area contributed by atoms with E-state index < -0.39 is 0 Å². The lowest BCUT2D eigenvalue weighted by molar-refractivity contribution is 0.572. The summed E-state index contributed by atoms with van der Waals surface area (Å²) >= 11 is 1.76. The first-order valence-electron chi connectivity index (χ1n) is 6.40. The van der Waals surface area contributed by atoms with Gasteiger partial charge in [0, 0.05) is 29.9 Å². The number of nitrogens with zero attached hydrogens (tertiary/aromatic N) is 3. The molecule has 2 heterocycles. The van der Waals surface area contributed by atoms with Crippen LogP contribution < -0.4 is 5.32 Å². The van der Waals surface area contributed by atoms with E-state index in [0.717, 1.165) is 17.6 Å². The van der Waals surface area contributed by atoms with Crippen molar-refractivity contribution in [3.05, 3.63) is 34.3 Å². The number of hydrogen-bond donors (Lipinski definition) is 1. The summed E-state index contributed by atoms with van der Waals surface area (Å²) in [5, 5.41) is 4.68. The first-order chi connectivity index (χ1) is 8.74. The number of aromatic nitrogens is 3. The van der Waals surface area contributed by atoms with Gasteiger partial charge in [0.1, 0.15) is 5.01 Å². The van der Waals surface area contributed by atoms with Gasteiger partial charge < -0.3 is 9.88 Å². The van der Waals surface area contributed by atoms with Gasteiger partial charge in [0.2, 0.25) is 0 Å². The van der Waals surface area contributed by atoms with Crippen molar-refractivity contribution < 1.29 is 0 Å². The molecule has 2 aromatic rings. The van der Waals surface area contributed by atoms with Gasteiger partial charge in [-0.1, -0.05) is 0 Å².